The molecule has 28 heavy (non-hydrogen) atoms. The summed E-state index contributed by atoms with van der Waals surface area (Å²) in [4.78, 5) is 36.7. The number of urea groups is 1. The molecule has 3 amide bonds. The molecule has 2 fully saturated rings. The van der Waals surface area contributed by atoms with Gasteiger partial charge in [0, 0.05) is 61.9 Å². The number of amides is 3. The maximum Gasteiger partial charge on any atom is 0.322 e. The number of benzene rings is 1. The van der Waals surface area contributed by atoms with E-state index in [1.165, 1.54) is 0 Å². The molecule has 146 valence electrons. The summed E-state index contributed by atoms with van der Waals surface area (Å²) in [6.45, 7) is 3.85. The van der Waals surface area contributed by atoms with Gasteiger partial charge >= 0.3 is 6.03 Å². The Morgan fingerprint density at radius 1 is 1.32 bits per heavy atom. The second kappa shape index (κ2) is 7.55. The molecular formula is C20H23N5O3. The molecule has 2 aliphatic heterocycles. The summed E-state index contributed by atoms with van der Waals surface area (Å²) < 4.78 is 0. The highest BCUT2D eigenvalue weighted by molar-refractivity contribution is 5.99. The van der Waals surface area contributed by atoms with Gasteiger partial charge in [0.15, 0.2) is 0 Å². The Kier molecular flexibility index (Phi) is 4.95. The quantitative estimate of drug-likeness (QED) is 0.823. The number of β-amino-alcohol motifs (C(OH)–C–C–N with tert-alkyl or cyclic N) is 1. The molecule has 0 saturated carbocycles. The molecule has 0 aliphatic carbocycles. The van der Waals surface area contributed by atoms with Gasteiger partial charge in [0.1, 0.15) is 0 Å². The number of carbonyl (C=O) groups is 2. The van der Waals surface area contributed by atoms with Crippen molar-refractivity contribution in [3.8, 4) is 0 Å². The monoisotopic (exact) mass is 381 g/mol. The Labute approximate surface area is 163 Å². The van der Waals surface area contributed by atoms with E-state index in [4.69, 9.17) is 0 Å². The SMILES string of the molecule is Cc1ccc(C(=O)N2C[C@@H](Cc3cnccn3)[C@H](O)C2)cc1N1CCNC1=O. The fourth-order valence-corrected chi connectivity index (χ4v) is 3.84. The molecule has 2 saturated heterocycles. The Balaban J connectivity index is 1.49. The maximum absolute atomic E-state index is 13.0. The number of nitrogens with one attached hydrogen (secondary N) is 1. The number of aryl methyl sites for hydroxylation is 1. The van der Waals surface area contributed by atoms with Gasteiger partial charge < -0.3 is 15.3 Å². The lowest BCUT2D eigenvalue weighted by molar-refractivity contribution is 0.0764. The van der Waals surface area contributed by atoms with E-state index >= 15 is 0 Å². The predicted octanol–water partition coefficient (Wildman–Crippen LogP) is 0.990. The van der Waals surface area contributed by atoms with Gasteiger partial charge in [0.2, 0.25) is 0 Å². The van der Waals surface area contributed by atoms with Crippen molar-refractivity contribution in [1.82, 2.24) is 20.2 Å². The fraction of sp³-hybridized carbons (Fsp3) is 0.400. The van der Waals surface area contributed by atoms with Crippen LogP contribution in [0.4, 0.5) is 10.5 Å². The molecule has 8 heteroatoms. The van der Waals surface area contributed by atoms with Crippen LogP contribution in [0.3, 0.4) is 0 Å². The molecule has 0 radical (unpaired) electrons. The lowest BCUT2D eigenvalue weighted by atomic mass is 10.0. The minimum absolute atomic E-state index is 0.0741. The average Bonchev–Trinajstić information content (AvgIpc) is 3.28. The highest BCUT2D eigenvalue weighted by Crippen LogP contribution is 2.26. The van der Waals surface area contributed by atoms with E-state index in [1.807, 2.05) is 13.0 Å². The lowest BCUT2D eigenvalue weighted by Crippen LogP contribution is -2.31. The summed E-state index contributed by atoms with van der Waals surface area (Å²) in [5.74, 6) is -0.212. The summed E-state index contributed by atoms with van der Waals surface area (Å²) in [6, 6.07) is 5.26. The van der Waals surface area contributed by atoms with Crippen molar-refractivity contribution in [2.24, 2.45) is 5.92 Å². The highest BCUT2D eigenvalue weighted by Gasteiger charge is 2.35. The lowest BCUT2D eigenvalue weighted by Gasteiger charge is -2.20. The van der Waals surface area contributed by atoms with Crippen molar-refractivity contribution in [2.45, 2.75) is 19.4 Å². The van der Waals surface area contributed by atoms with Gasteiger partial charge in [-0.2, -0.15) is 0 Å². The number of aromatic nitrogens is 2. The summed E-state index contributed by atoms with van der Waals surface area (Å²) in [5, 5.41) is 13.2. The molecule has 2 atom stereocenters. The molecule has 4 rings (SSSR count). The molecular weight excluding hydrogens is 358 g/mol. The zero-order valence-corrected chi connectivity index (χ0v) is 15.7. The van der Waals surface area contributed by atoms with Gasteiger partial charge in [0.05, 0.1) is 11.8 Å². The van der Waals surface area contributed by atoms with Gasteiger partial charge in [-0.3, -0.25) is 19.7 Å². The first-order valence-electron chi connectivity index (χ1n) is 9.41. The number of hydrogen-bond acceptors (Lipinski definition) is 5. The van der Waals surface area contributed by atoms with Gasteiger partial charge in [-0.1, -0.05) is 6.07 Å². The van der Waals surface area contributed by atoms with Gasteiger partial charge in [0.25, 0.3) is 5.91 Å². The van der Waals surface area contributed by atoms with Crippen molar-refractivity contribution in [3.63, 3.8) is 0 Å². The van der Waals surface area contributed by atoms with E-state index < -0.39 is 6.10 Å². The van der Waals surface area contributed by atoms with Gasteiger partial charge in [-0.05, 0) is 31.0 Å². The minimum Gasteiger partial charge on any atom is -0.391 e. The number of likely N-dealkylation sites (tertiary alicyclic amines) is 1. The van der Waals surface area contributed by atoms with Crippen molar-refractivity contribution < 1.29 is 14.7 Å². The molecule has 2 aromatic rings. The van der Waals surface area contributed by atoms with Crippen LogP contribution in [0.2, 0.25) is 0 Å². The summed E-state index contributed by atoms with van der Waals surface area (Å²) in [6.07, 6.45) is 4.90. The molecule has 0 unspecified atom stereocenters. The topological polar surface area (TPSA) is 98.7 Å². The second-order valence-electron chi connectivity index (χ2n) is 7.32. The zero-order valence-electron chi connectivity index (χ0n) is 15.7. The number of rotatable bonds is 4. The molecule has 1 aromatic heterocycles. The Morgan fingerprint density at radius 2 is 2.18 bits per heavy atom. The van der Waals surface area contributed by atoms with Crippen molar-refractivity contribution in [1.29, 1.82) is 0 Å². The van der Waals surface area contributed by atoms with Crippen LogP contribution in [-0.4, -0.2) is 64.2 Å². The van der Waals surface area contributed by atoms with E-state index in [1.54, 1.807) is 40.5 Å². The van der Waals surface area contributed by atoms with Crippen LogP contribution < -0.4 is 10.2 Å². The number of aliphatic hydroxyl groups is 1. The standard InChI is InChI=1S/C20H23N5O3/c1-13-2-3-14(9-17(13)25-7-6-23-20(25)28)19(27)24-11-15(18(26)12-24)8-16-10-21-4-5-22-16/h2-5,9-10,15,18,26H,6-8,11-12H2,1H3,(H,23,28)/t15-,18-/m1/s1. The Morgan fingerprint density at radius 3 is 2.89 bits per heavy atom. The first-order valence-corrected chi connectivity index (χ1v) is 9.41. The number of anilines is 1. The first-order chi connectivity index (χ1) is 13.5. The van der Waals surface area contributed by atoms with E-state index in [9.17, 15) is 14.7 Å². The van der Waals surface area contributed by atoms with Gasteiger partial charge in [-0.15, -0.1) is 0 Å². The Bertz CT molecular complexity index is 889. The molecule has 0 spiro atoms. The number of hydrogen-bond donors (Lipinski definition) is 2. The van der Waals surface area contributed by atoms with Gasteiger partial charge in [-0.25, -0.2) is 4.79 Å². The predicted molar refractivity (Wildman–Crippen MR) is 103 cm³/mol. The number of nitrogens with zero attached hydrogens (tertiary/aromatic N) is 4. The maximum atomic E-state index is 13.0. The van der Waals surface area contributed by atoms with Crippen molar-refractivity contribution in [2.75, 3.05) is 31.1 Å². The zero-order chi connectivity index (χ0) is 19.7. The van der Waals surface area contributed by atoms with Crippen molar-refractivity contribution in [3.05, 3.63) is 53.6 Å². The largest absolute Gasteiger partial charge is 0.391 e. The molecule has 2 N–H and O–H groups in total. The second-order valence-corrected chi connectivity index (χ2v) is 7.32. The van der Waals surface area contributed by atoms with Crippen molar-refractivity contribution >= 4 is 17.6 Å². The third kappa shape index (κ3) is 3.55. The number of carbonyl (C=O) groups excluding carboxylic acids is 2. The molecule has 2 aliphatic rings. The smallest absolute Gasteiger partial charge is 0.322 e. The van der Waals surface area contributed by atoms with E-state index in [2.05, 4.69) is 15.3 Å². The summed E-state index contributed by atoms with van der Waals surface area (Å²) in [7, 11) is 0. The summed E-state index contributed by atoms with van der Waals surface area (Å²) >= 11 is 0. The third-order valence-electron chi connectivity index (χ3n) is 5.39. The van der Waals surface area contributed by atoms with Crippen LogP contribution in [0.25, 0.3) is 0 Å². The minimum atomic E-state index is -0.597. The third-order valence-corrected chi connectivity index (χ3v) is 5.39. The van der Waals surface area contributed by atoms with Crippen LogP contribution in [0.15, 0.2) is 36.8 Å². The first kappa shape index (κ1) is 18.4. The highest BCUT2D eigenvalue weighted by atomic mass is 16.3. The normalized spacial score (nSPS) is 21.9. The fourth-order valence-electron chi connectivity index (χ4n) is 3.84. The van der Waals surface area contributed by atoms with E-state index in [-0.39, 0.29) is 24.4 Å². The van der Waals surface area contributed by atoms with Crippen LogP contribution in [-0.2, 0) is 6.42 Å². The van der Waals surface area contributed by atoms with E-state index in [0.717, 1.165) is 16.9 Å². The number of aliphatic hydroxyl groups excluding tert-OH is 1. The average molecular weight is 381 g/mol. The molecule has 8 nitrogen and oxygen atoms in total. The van der Waals surface area contributed by atoms with Crippen LogP contribution in [0.1, 0.15) is 21.6 Å². The molecule has 0 bridgehead atoms. The Hall–Kier alpha value is -3.00. The molecule has 3 heterocycles. The van der Waals surface area contributed by atoms with Crippen LogP contribution in [0, 0.1) is 12.8 Å². The van der Waals surface area contributed by atoms with Crippen LogP contribution in [0.5, 0.6) is 0 Å². The van der Waals surface area contributed by atoms with E-state index in [0.29, 0.717) is 31.6 Å². The summed E-state index contributed by atoms with van der Waals surface area (Å²) in [5.41, 5.74) is 3.01. The van der Waals surface area contributed by atoms with Crippen LogP contribution >= 0.6 is 0 Å². The molecule has 1 aromatic carbocycles.